The number of hydrogen-bond donors (Lipinski definition) is 4. The highest BCUT2D eigenvalue weighted by Crippen LogP contribution is 2.36. The van der Waals surface area contributed by atoms with Crippen molar-refractivity contribution in [1.29, 1.82) is 0 Å². The van der Waals surface area contributed by atoms with E-state index in [0.29, 0.717) is 29.9 Å². The Kier molecular flexibility index (Phi) is 19.5. The van der Waals surface area contributed by atoms with Crippen molar-refractivity contribution in [3.8, 4) is 21.6 Å². The van der Waals surface area contributed by atoms with Crippen LogP contribution in [0.2, 0.25) is 0 Å². The van der Waals surface area contributed by atoms with Crippen LogP contribution >= 0.6 is 11.3 Å². The maximum absolute atomic E-state index is 14.3. The van der Waals surface area contributed by atoms with E-state index in [9.17, 15) is 29.1 Å². The number of carbonyl (C=O) groups is 5. The van der Waals surface area contributed by atoms with E-state index in [4.69, 9.17) is 0 Å². The number of aliphatic hydroxyl groups is 1. The van der Waals surface area contributed by atoms with E-state index in [1.165, 1.54) is 36.1 Å². The lowest BCUT2D eigenvalue weighted by molar-refractivity contribution is -0.144. The van der Waals surface area contributed by atoms with Crippen molar-refractivity contribution in [3.05, 3.63) is 113 Å². The summed E-state index contributed by atoms with van der Waals surface area (Å²) in [6.07, 6.45) is 13.1. The van der Waals surface area contributed by atoms with Crippen LogP contribution in [0.15, 0.2) is 84.9 Å². The molecule has 6 atom stereocenters. The first-order chi connectivity index (χ1) is 36.5. The zero-order chi connectivity index (χ0) is 53.9. The second-order valence-electron chi connectivity index (χ2n) is 23.4. The van der Waals surface area contributed by atoms with Crippen molar-refractivity contribution in [2.75, 3.05) is 52.4 Å². The normalized spacial score (nSPS) is 22.3. The molecule has 4 heterocycles. The molecule has 4 aliphatic rings. The highest BCUT2D eigenvalue weighted by Gasteiger charge is 2.44. The van der Waals surface area contributed by atoms with Crippen LogP contribution in [0.5, 0.6) is 0 Å². The van der Waals surface area contributed by atoms with Gasteiger partial charge in [0.25, 0.3) is 5.91 Å². The Labute approximate surface area is 455 Å². The summed E-state index contributed by atoms with van der Waals surface area (Å²) in [6.45, 7) is 19.2. The molecule has 408 valence electrons. The van der Waals surface area contributed by atoms with E-state index >= 15 is 0 Å². The fourth-order valence-electron chi connectivity index (χ4n) is 12.1. The smallest absolute Gasteiger partial charge is 0.251 e. The largest absolute Gasteiger partial charge is 0.391 e. The average molecular weight is 1050 g/mol. The summed E-state index contributed by atoms with van der Waals surface area (Å²) >= 11 is 1.59. The standard InChI is InChI=1S/C62H83N7O6S/c1-7-43-12-18-51-35-50(23-25-54(51)53(24-15-43)42(3)70)47-19-21-49(22-20-47)59(73)63-29-34-67-31-26-45(27-32-67)11-10-44-9-8-30-68(33-28-44)39-56(72)66-58(62(4,5)6)61(75)69-38-52(71)36-55(69)60(74)64-37-46-13-16-48(17-14-46)57-41(2)65-40-76-57/h7,13-14,16-17,19-23,25,35,40,43-45,52-53,55,58,71H,1,8-12,15,18,24,26-34,36-39H2,2-6H3,(H,63,73)(H,64,74)(H,66,72)/t43-,44?,52+,53?,55-,58+/m0/s1. The Morgan fingerprint density at radius 1 is 0.829 bits per heavy atom. The number of thiazole rings is 1. The minimum Gasteiger partial charge on any atom is -0.391 e. The van der Waals surface area contributed by atoms with Gasteiger partial charge in [0, 0.05) is 44.1 Å². The van der Waals surface area contributed by atoms with Gasteiger partial charge in [0.05, 0.1) is 28.7 Å². The molecular formula is C62H83N7O6S. The minimum atomic E-state index is -0.865. The predicted octanol–water partition coefficient (Wildman–Crippen LogP) is 9.12. The van der Waals surface area contributed by atoms with Gasteiger partial charge >= 0.3 is 0 Å². The predicted molar refractivity (Wildman–Crippen MR) is 303 cm³/mol. The Balaban J connectivity index is 0.724. The fourth-order valence-corrected chi connectivity index (χ4v) is 12.9. The van der Waals surface area contributed by atoms with E-state index in [1.807, 2.05) is 87.8 Å². The number of fused-ring (bicyclic) bond motifs is 1. The highest BCUT2D eigenvalue weighted by atomic mass is 32.1. The summed E-state index contributed by atoms with van der Waals surface area (Å²) in [7, 11) is 0. The van der Waals surface area contributed by atoms with Gasteiger partial charge in [-0.2, -0.15) is 0 Å². The topological polar surface area (TPSA) is 164 Å². The molecule has 0 saturated carbocycles. The second kappa shape index (κ2) is 26.2. The van der Waals surface area contributed by atoms with Crippen molar-refractivity contribution < 1.29 is 29.1 Å². The lowest BCUT2D eigenvalue weighted by Gasteiger charge is -2.35. The summed E-state index contributed by atoms with van der Waals surface area (Å²) in [5.74, 6) is 0.964. The molecule has 2 unspecified atom stereocenters. The van der Waals surface area contributed by atoms with Crippen LogP contribution in [0, 0.1) is 30.1 Å². The number of aromatic nitrogens is 1. The van der Waals surface area contributed by atoms with Gasteiger partial charge in [0.2, 0.25) is 17.7 Å². The van der Waals surface area contributed by atoms with Crippen LogP contribution in [0.25, 0.3) is 21.6 Å². The molecule has 1 aromatic heterocycles. The van der Waals surface area contributed by atoms with Gasteiger partial charge in [-0.05, 0) is 166 Å². The zero-order valence-corrected chi connectivity index (χ0v) is 46.6. The third kappa shape index (κ3) is 14.9. The van der Waals surface area contributed by atoms with Crippen LogP contribution in [0.1, 0.15) is 137 Å². The molecule has 3 aliphatic heterocycles. The molecule has 0 radical (unpaired) electrons. The zero-order valence-electron chi connectivity index (χ0n) is 45.8. The lowest BCUT2D eigenvalue weighted by Crippen LogP contribution is -2.58. The number of ketones is 1. The van der Waals surface area contributed by atoms with Crippen molar-refractivity contribution in [2.45, 2.75) is 142 Å². The van der Waals surface area contributed by atoms with Crippen molar-refractivity contribution in [2.24, 2.45) is 23.2 Å². The third-order valence-electron chi connectivity index (χ3n) is 16.9. The Morgan fingerprint density at radius 2 is 1.51 bits per heavy atom. The number of carbonyl (C=O) groups excluding carboxylic acids is 5. The van der Waals surface area contributed by atoms with Gasteiger partial charge in [-0.25, -0.2) is 4.98 Å². The number of β-amino-alcohol motifs (C(OH)–C–C–N with tert-alkyl or cyclic N) is 1. The summed E-state index contributed by atoms with van der Waals surface area (Å²) in [5.41, 5.74) is 9.38. The first kappa shape index (κ1) is 56.7. The number of amides is 4. The number of benzene rings is 3. The van der Waals surface area contributed by atoms with E-state index in [2.05, 4.69) is 55.5 Å². The molecule has 3 aromatic carbocycles. The van der Waals surface area contributed by atoms with E-state index in [1.54, 1.807) is 18.3 Å². The number of aliphatic hydroxyl groups excluding tert-OH is 1. The Hall–Kier alpha value is -5.54. The molecule has 3 saturated heterocycles. The third-order valence-corrected chi connectivity index (χ3v) is 17.8. The summed E-state index contributed by atoms with van der Waals surface area (Å²) in [4.78, 5) is 78.9. The van der Waals surface area contributed by atoms with Crippen LogP contribution in [-0.4, -0.2) is 125 Å². The van der Waals surface area contributed by atoms with Crippen LogP contribution in [-0.2, 0) is 32.1 Å². The monoisotopic (exact) mass is 1050 g/mol. The molecule has 14 heteroatoms. The number of piperidine rings is 1. The van der Waals surface area contributed by atoms with E-state index in [0.717, 1.165) is 116 Å². The summed E-state index contributed by atoms with van der Waals surface area (Å²) in [6, 6.07) is 20.6. The van der Waals surface area contributed by atoms with Crippen molar-refractivity contribution >= 4 is 40.7 Å². The molecule has 76 heavy (non-hydrogen) atoms. The van der Waals surface area contributed by atoms with Crippen LogP contribution in [0.3, 0.4) is 0 Å². The number of rotatable bonds is 18. The van der Waals surface area contributed by atoms with Gasteiger partial charge in [0.15, 0.2) is 0 Å². The van der Waals surface area contributed by atoms with E-state index in [-0.39, 0.29) is 61.4 Å². The number of hydrogen-bond acceptors (Lipinski definition) is 10. The molecular weight excluding hydrogens is 971 g/mol. The molecule has 3 fully saturated rings. The van der Waals surface area contributed by atoms with Crippen LogP contribution in [0.4, 0.5) is 0 Å². The maximum atomic E-state index is 14.3. The SMILES string of the molecule is C=C[C@H]1CCc2cc(-c3ccc(C(=O)NCCN4CCC(CCC5CCCN(CC(=O)N[C@H](C(=O)N6C[C@H](O)C[C@H]6C(=O)NCc6ccc(-c7scnc7C)cc6)C(C)(C)C)CC5)CC4)cc3)ccc2C(C(C)=O)CC1. The first-order valence-electron chi connectivity index (χ1n) is 28.2. The minimum absolute atomic E-state index is 0.0357. The second-order valence-corrected chi connectivity index (χ2v) is 24.3. The summed E-state index contributed by atoms with van der Waals surface area (Å²) in [5, 5.41) is 19.9. The number of aryl methyl sites for hydroxylation is 2. The lowest BCUT2D eigenvalue weighted by atomic mass is 9.79. The highest BCUT2D eigenvalue weighted by molar-refractivity contribution is 7.13. The molecule has 0 bridgehead atoms. The van der Waals surface area contributed by atoms with Crippen LogP contribution < -0.4 is 16.0 Å². The van der Waals surface area contributed by atoms with Gasteiger partial charge in [-0.15, -0.1) is 17.9 Å². The molecule has 4 amide bonds. The first-order valence-corrected chi connectivity index (χ1v) is 29.0. The molecule has 4 aromatic rings. The van der Waals surface area contributed by atoms with Crippen molar-refractivity contribution in [1.82, 2.24) is 35.6 Å². The molecule has 4 N–H and O–H groups in total. The average Bonchev–Trinajstić information content (AvgIpc) is 3.95. The molecule has 8 rings (SSSR count). The van der Waals surface area contributed by atoms with Gasteiger partial charge < -0.3 is 30.9 Å². The quantitative estimate of drug-likeness (QED) is 0.0712. The van der Waals surface area contributed by atoms with Gasteiger partial charge in [-0.3, -0.25) is 28.9 Å². The maximum Gasteiger partial charge on any atom is 0.251 e. The van der Waals surface area contributed by atoms with Gasteiger partial charge in [-0.1, -0.05) is 94.3 Å². The number of allylic oxidation sites excluding steroid dienone is 1. The number of nitrogens with zero attached hydrogens (tertiary/aromatic N) is 4. The molecule has 1 aliphatic carbocycles. The fraction of sp³-hybridized carbons (Fsp3) is 0.548. The van der Waals surface area contributed by atoms with E-state index < -0.39 is 23.6 Å². The van der Waals surface area contributed by atoms with Crippen molar-refractivity contribution in [3.63, 3.8) is 0 Å². The summed E-state index contributed by atoms with van der Waals surface area (Å²) < 4.78 is 0. The Bertz CT molecular complexity index is 2640. The molecule has 0 spiro atoms. The molecule has 13 nitrogen and oxygen atoms in total. The Morgan fingerprint density at radius 3 is 2.18 bits per heavy atom. The number of nitrogens with one attached hydrogen (secondary N) is 3. The van der Waals surface area contributed by atoms with Gasteiger partial charge in [0.1, 0.15) is 17.9 Å². The number of likely N-dealkylation sites (tertiary alicyclic amines) is 3. The number of Topliss-reactive ketones (excluding diaryl/α,β-unsaturated/α-hetero) is 1.